The zero-order valence-corrected chi connectivity index (χ0v) is 8.66. The fraction of sp³-hybridized carbons (Fsp3) is 0.364. The second-order valence-corrected chi connectivity index (χ2v) is 3.86. The second-order valence-electron chi connectivity index (χ2n) is 3.86. The fourth-order valence-corrected chi connectivity index (χ4v) is 1.80. The highest BCUT2D eigenvalue weighted by Crippen LogP contribution is 2.17. The Morgan fingerprint density at radius 1 is 1.36 bits per heavy atom. The molecule has 0 aliphatic heterocycles. The van der Waals surface area contributed by atoms with E-state index in [0.717, 1.165) is 16.6 Å². The van der Waals surface area contributed by atoms with Crippen molar-refractivity contribution in [2.75, 3.05) is 0 Å². The Hall–Kier alpha value is -1.51. The fourth-order valence-electron chi connectivity index (χ4n) is 1.80. The smallest absolute Gasteiger partial charge is 0.305 e. The Morgan fingerprint density at radius 2 is 2.07 bits per heavy atom. The molecule has 1 aromatic carbocycles. The van der Waals surface area contributed by atoms with Gasteiger partial charge in [0.2, 0.25) is 0 Å². The molecular formula is C11H14N2O. The van der Waals surface area contributed by atoms with Gasteiger partial charge in [-0.05, 0) is 32.4 Å². The average molecular weight is 190 g/mol. The van der Waals surface area contributed by atoms with Gasteiger partial charge < -0.3 is 4.98 Å². The lowest BCUT2D eigenvalue weighted by Crippen LogP contribution is -2.18. The third kappa shape index (κ3) is 1.16. The molecule has 0 saturated carbocycles. The van der Waals surface area contributed by atoms with Gasteiger partial charge in [0.1, 0.15) is 0 Å². The highest BCUT2D eigenvalue weighted by molar-refractivity contribution is 5.78. The molecule has 0 amide bonds. The van der Waals surface area contributed by atoms with E-state index in [1.165, 1.54) is 0 Å². The molecule has 0 fully saturated rings. The predicted octanol–water partition coefficient (Wildman–Crippen LogP) is 2.22. The highest BCUT2D eigenvalue weighted by atomic mass is 16.1. The summed E-state index contributed by atoms with van der Waals surface area (Å²) in [5.74, 6) is 0. The van der Waals surface area contributed by atoms with Crippen LogP contribution in [0.5, 0.6) is 0 Å². The first-order valence-corrected chi connectivity index (χ1v) is 4.81. The maximum atomic E-state index is 11.6. The number of hydrogen-bond acceptors (Lipinski definition) is 1. The number of aryl methyl sites for hydroxylation is 1. The molecule has 3 heteroatoms. The third-order valence-corrected chi connectivity index (χ3v) is 2.48. The number of H-pyrrole nitrogens is 1. The molecule has 3 nitrogen and oxygen atoms in total. The number of benzene rings is 1. The summed E-state index contributed by atoms with van der Waals surface area (Å²) < 4.78 is 1.78. The molecule has 14 heavy (non-hydrogen) atoms. The van der Waals surface area contributed by atoms with Crippen LogP contribution in [0.2, 0.25) is 0 Å². The minimum Gasteiger partial charge on any atom is -0.305 e. The standard InChI is InChI=1S/C11H14N2O/c1-7(2)13-9-6-4-5-8(3)10(9)12-11(13)14/h4-7H,1-3H3,(H,12,14). The van der Waals surface area contributed by atoms with E-state index in [-0.39, 0.29) is 11.7 Å². The van der Waals surface area contributed by atoms with E-state index < -0.39 is 0 Å². The van der Waals surface area contributed by atoms with Gasteiger partial charge in [-0.15, -0.1) is 0 Å². The van der Waals surface area contributed by atoms with E-state index in [2.05, 4.69) is 4.98 Å². The minimum atomic E-state index is -0.0238. The van der Waals surface area contributed by atoms with Crippen molar-refractivity contribution in [2.45, 2.75) is 26.8 Å². The predicted molar refractivity (Wildman–Crippen MR) is 57.7 cm³/mol. The summed E-state index contributed by atoms with van der Waals surface area (Å²) in [6.07, 6.45) is 0. The van der Waals surface area contributed by atoms with Crippen LogP contribution in [-0.4, -0.2) is 9.55 Å². The van der Waals surface area contributed by atoms with Crippen molar-refractivity contribution >= 4 is 11.0 Å². The van der Waals surface area contributed by atoms with Crippen LogP contribution in [0.25, 0.3) is 11.0 Å². The summed E-state index contributed by atoms with van der Waals surface area (Å²) in [5.41, 5.74) is 3.03. The van der Waals surface area contributed by atoms with Crippen LogP contribution in [0, 0.1) is 6.92 Å². The van der Waals surface area contributed by atoms with Gasteiger partial charge in [0.15, 0.2) is 0 Å². The van der Waals surface area contributed by atoms with E-state index in [0.29, 0.717) is 0 Å². The number of aromatic nitrogens is 2. The Morgan fingerprint density at radius 3 is 2.71 bits per heavy atom. The van der Waals surface area contributed by atoms with Gasteiger partial charge in [0.25, 0.3) is 0 Å². The number of aromatic amines is 1. The Balaban J connectivity index is 2.91. The van der Waals surface area contributed by atoms with Crippen LogP contribution in [-0.2, 0) is 0 Å². The Bertz CT molecular complexity index is 520. The lowest BCUT2D eigenvalue weighted by Gasteiger charge is -2.06. The summed E-state index contributed by atoms with van der Waals surface area (Å²) in [7, 11) is 0. The number of nitrogens with zero attached hydrogens (tertiary/aromatic N) is 1. The van der Waals surface area contributed by atoms with Crippen molar-refractivity contribution < 1.29 is 0 Å². The van der Waals surface area contributed by atoms with Gasteiger partial charge in [0, 0.05) is 6.04 Å². The average Bonchev–Trinajstić information content (AvgIpc) is 2.42. The molecule has 2 rings (SSSR count). The molecule has 0 radical (unpaired) electrons. The first-order valence-electron chi connectivity index (χ1n) is 4.81. The van der Waals surface area contributed by atoms with Crippen molar-refractivity contribution in [1.29, 1.82) is 0 Å². The number of fused-ring (bicyclic) bond motifs is 1. The van der Waals surface area contributed by atoms with Crippen molar-refractivity contribution in [3.63, 3.8) is 0 Å². The van der Waals surface area contributed by atoms with Crippen molar-refractivity contribution in [2.24, 2.45) is 0 Å². The first kappa shape index (κ1) is 9.06. The third-order valence-electron chi connectivity index (χ3n) is 2.48. The molecule has 1 N–H and O–H groups in total. The van der Waals surface area contributed by atoms with Gasteiger partial charge in [-0.3, -0.25) is 4.57 Å². The van der Waals surface area contributed by atoms with Crippen molar-refractivity contribution in [1.82, 2.24) is 9.55 Å². The summed E-state index contributed by atoms with van der Waals surface area (Å²) in [5, 5.41) is 0. The van der Waals surface area contributed by atoms with Gasteiger partial charge in [-0.1, -0.05) is 12.1 Å². The van der Waals surface area contributed by atoms with Gasteiger partial charge in [-0.2, -0.15) is 0 Å². The van der Waals surface area contributed by atoms with Crippen LogP contribution >= 0.6 is 0 Å². The van der Waals surface area contributed by atoms with Crippen molar-refractivity contribution in [3.8, 4) is 0 Å². The molecule has 2 aromatic rings. The lowest BCUT2D eigenvalue weighted by atomic mass is 10.2. The molecular weight excluding hydrogens is 176 g/mol. The van der Waals surface area contributed by atoms with Crippen LogP contribution < -0.4 is 5.69 Å². The molecule has 1 heterocycles. The topological polar surface area (TPSA) is 37.8 Å². The molecule has 0 atom stereocenters. The first-order chi connectivity index (χ1) is 6.61. The summed E-state index contributed by atoms with van der Waals surface area (Å²) in [6, 6.07) is 6.14. The maximum absolute atomic E-state index is 11.6. The Labute approximate surface area is 82.4 Å². The second kappa shape index (κ2) is 3.01. The maximum Gasteiger partial charge on any atom is 0.326 e. The number of rotatable bonds is 1. The van der Waals surface area contributed by atoms with E-state index in [9.17, 15) is 4.79 Å². The lowest BCUT2D eigenvalue weighted by molar-refractivity contribution is 0.598. The largest absolute Gasteiger partial charge is 0.326 e. The molecule has 0 aliphatic carbocycles. The van der Waals surface area contributed by atoms with Crippen LogP contribution in [0.15, 0.2) is 23.0 Å². The van der Waals surface area contributed by atoms with E-state index in [1.54, 1.807) is 4.57 Å². The normalized spacial score (nSPS) is 11.4. The van der Waals surface area contributed by atoms with Gasteiger partial charge in [0.05, 0.1) is 11.0 Å². The molecule has 0 spiro atoms. The van der Waals surface area contributed by atoms with Crippen LogP contribution in [0.3, 0.4) is 0 Å². The van der Waals surface area contributed by atoms with E-state index in [1.807, 2.05) is 39.0 Å². The minimum absolute atomic E-state index is 0.0238. The number of imidazole rings is 1. The summed E-state index contributed by atoms with van der Waals surface area (Å²) in [4.78, 5) is 14.5. The van der Waals surface area contributed by atoms with E-state index >= 15 is 0 Å². The number of para-hydroxylation sites is 1. The number of hydrogen-bond donors (Lipinski definition) is 1. The van der Waals surface area contributed by atoms with Gasteiger partial charge >= 0.3 is 5.69 Å². The van der Waals surface area contributed by atoms with Crippen LogP contribution in [0.1, 0.15) is 25.5 Å². The zero-order valence-electron chi connectivity index (χ0n) is 8.66. The molecule has 74 valence electrons. The SMILES string of the molecule is Cc1cccc2c1[nH]c(=O)n2C(C)C. The summed E-state index contributed by atoms with van der Waals surface area (Å²) >= 11 is 0. The number of nitrogens with one attached hydrogen (secondary N) is 1. The molecule has 0 bridgehead atoms. The molecule has 0 aliphatic rings. The van der Waals surface area contributed by atoms with Crippen molar-refractivity contribution in [3.05, 3.63) is 34.2 Å². The monoisotopic (exact) mass is 190 g/mol. The van der Waals surface area contributed by atoms with E-state index in [4.69, 9.17) is 0 Å². The molecule has 0 saturated heterocycles. The van der Waals surface area contributed by atoms with Gasteiger partial charge in [-0.25, -0.2) is 4.79 Å². The molecule has 1 aromatic heterocycles. The Kier molecular flexibility index (Phi) is 1.95. The quantitative estimate of drug-likeness (QED) is 0.735. The zero-order chi connectivity index (χ0) is 10.3. The molecule has 0 unspecified atom stereocenters. The van der Waals surface area contributed by atoms with Crippen LogP contribution in [0.4, 0.5) is 0 Å². The summed E-state index contributed by atoms with van der Waals surface area (Å²) in [6.45, 7) is 6.02. The highest BCUT2D eigenvalue weighted by Gasteiger charge is 2.09.